The van der Waals surface area contributed by atoms with E-state index in [0.29, 0.717) is 12.2 Å². The van der Waals surface area contributed by atoms with Crippen LogP contribution in [0.25, 0.3) is 11.2 Å². The third-order valence-electron chi connectivity index (χ3n) is 1.94. The summed E-state index contributed by atoms with van der Waals surface area (Å²) >= 11 is 0. The Bertz CT molecular complexity index is 454. The van der Waals surface area contributed by atoms with E-state index in [2.05, 4.69) is 20.3 Å². The van der Waals surface area contributed by atoms with E-state index in [0.717, 1.165) is 11.3 Å². The van der Waals surface area contributed by atoms with E-state index in [4.69, 9.17) is 5.73 Å². The largest absolute Gasteiger partial charge is 0.368 e. The second-order valence-electron chi connectivity index (χ2n) is 3.45. The number of pyridine rings is 1. The van der Waals surface area contributed by atoms with Crippen molar-refractivity contribution in [2.24, 2.45) is 5.73 Å². The van der Waals surface area contributed by atoms with Gasteiger partial charge in [-0.2, -0.15) is 0 Å². The summed E-state index contributed by atoms with van der Waals surface area (Å²) in [5, 5.41) is 3.13. The Morgan fingerprint density at radius 2 is 2.13 bits per heavy atom. The molecule has 5 nitrogen and oxygen atoms in total. The zero-order valence-electron chi connectivity index (χ0n) is 8.51. The van der Waals surface area contributed by atoms with Gasteiger partial charge in [0.25, 0.3) is 0 Å². The van der Waals surface area contributed by atoms with Gasteiger partial charge in [0.2, 0.25) is 0 Å². The molecule has 0 aliphatic heterocycles. The van der Waals surface area contributed by atoms with E-state index in [-0.39, 0.29) is 6.04 Å². The van der Waals surface area contributed by atoms with Crippen molar-refractivity contribution >= 4 is 17.0 Å². The van der Waals surface area contributed by atoms with Crippen molar-refractivity contribution in [1.29, 1.82) is 0 Å². The molecule has 0 spiro atoms. The first-order valence-electron chi connectivity index (χ1n) is 4.83. The summed E-state index contributed by atoms with van der Waals surface area (Å²) in [6, 6.07) is 3.86. The van der Waals surface area contributed by atoms with Crippen LogP contribution < -0.4 is 11.1 Å². The number of anilines is 1. The third-order valence-corrected chi connectivity index (χ3v) is 1.94. The molecule has 0 radical (unpaired) electrons. The molecule has 0 aliphatic rings. The van der Waals surface area contributed by atoms with Gasteiger partial charge in [0.05, 0.1) is 0 Å². The summed E-state index contributed by atoms with van der Waals surface area (Å²) < 4.78 is 0. The maximum Gasteiger partial charge on any atom is 0.180 e. The summed E-state index contributed by atoms with van der Waals surface area (Å²) in [4.78, 5) is 12.6. The second-order valence-corrected chi connectivity index (χ2v) is 3.45. The molecule has 0 amide bonds. The van der Waals surface area contributed by atoms with Crippen LogP contribution in [0.5, 0.6) is 0 Å². The molecular weight excluding hydrogens is 190 g/mol. The smallest absolute Gasteiger partial charge is 0.180 e. The fraction of sp³-hybridized carbons (Fsp3) is 0.300. The SMILES string of the molecule is CC(N)CNc1ccc2nccnc2n1. The van der Waals surface area contributed by atoms with Gasteiger partial charge < -0.3 is 11.1 Å². The van der Waals surface area contributed by atoms with E-state index in [9.17, 15) is 0 Å². The van der Waals surface area contributed by atoms with Gasteiger partial charge in [-0.15, -0.1) is 0 Å². The predicted molar refractivity (Wildman–Crippen MR) is 59.5 cm³/mol. The van der Waals surface area contributed by atoms with Crippen LogP contribution in [0.3, 0.4) is 0 Å². The second kappa shape index (κ2) is 4.18. The van der Waals surface area contributed by atoms with Crippen LogP contribution in [0.4, 0.5) is 5.82 Å². The van der Waals surface area contributed by atoms with Crippen molar-refractivity contribution in [3.8, 4) is 0 Å². The van der Waals surface area contributed by atoms with Gasteiger partial charge >= 0.3 is 0 Å². The van der Waals surface area contributed by atoms with Crippen molar-refractivity contribution < 1.29 is 0 Å². The maximum absolute atomic E-state index is 5.63. The van der Waals surface area contributed by atoms with Gasteiger partial charge in [-0.05, 0) is 19.1 Å². The minimum atomic E-state index is 0.101. The van der Waals surface area contributed by atoms with Crippen LogP contribution in [0.1, 0.15) is 6.92 Å². The number of nitrogens with two attached hydrogens (primary N) is 1. The van der Waals surface area contributed by atoms with Crippen molar-refractivity contribution in [3.63, 3.8) is 0 Å². The van der Waals surface area contributed by atoms with Crippen LogP contribution in [-0.4, -0.2) is 27.5 Å². The quantitative estimate of drug-likeness (QED) is 0.771. The van der Waals surface area contributed by atoms with E-state index < -0.39 is 0 Å². The monoisotopic (exact) mass is 203 g/mol. The topological polar surface area (TPSA) is 76.7 Å². The summed E-state index contributed by atoms with van der Waals surface area (Å²) in [6.45, 7) is 2.63. The fourth-order valence-electron chi connectivity index (χ4n) is 1.22. The summed E-state index contributed by atoms with van der Waals surface area (Å²) in [6.07, 6.45) is 3.28. The van der Waals surface area contributed by atoms with Crippen LogP contribution in [-0.2, 0) is 0 Å². The lowest BCUT2D eigenvalue weighted by molar-refractivity contribution is 0.777. The minimum Gasteiger partial charge on any atom is -0.368 e. The predicted octanol–water partition coefficient (Wildman–Crippen LogP) is 0.784. The Balaban J connectivity index is 2.23. The van der Waals surface area contributed by atoms with Gasteiger partial charge in [0.1, 0.15) is 11.3 Å². The van der Waals surface area contributed by atoms with Gasteiger partial charge in [-0.3, -0.25) is 4.98 Å². The Morgan fingerprint density at radius 3 is 2.93 bits per heavy atom. The van der Waals surface area contributed by atoms with Crippen molar-refractivity contribution in [2.75, 3.05) is 11.9 Å². The van der Waals surface area contributed by atoms with Crippen LogP contribution in [0.2, 0.25) is 0 Å². The van der Waals surface area contributed by atoms with Crippen LogP contribution in [0.15, 0.2) is 24.5 Å². The molecule has 0 saturated heterocycles. The molecule has 0 fully saturated rings. The highest BCUT2D eigenvalue weighted by atomic mass is 15.0. The number of fused-ring (bicyclic) bond motifs is 1. The highest BCUT2D eigenvalue weighted by Gasteiger charge is 1.99. The number of rotatable bonds is 3. The first-order valence-corrected chi connectivity index (χ1v) is 4.83. The fourth-order valence-corrected chi connectivity index (χ4v) is 1.22. The molecule has 2 heterocycles. The molecule has 2 rings (SSSR count). The highest BCUT2D eigenvalue weighted by molar-refractivity contribution is 5.71. The first kappa shape index (κ1) is 9.79. The Hall–Kier alpha value is -1.75. The van der Waals surface area contributed by atoms with E-state index >= 15 is 0 Å². The number of aromatic nitrogens is 3. The summed E-state index contributed by atoms with van der Waals surface area (Å²) in [7, 11) is 0. The Kier molecular flexibility index (Phi) is 2.73. The normalized spacial score (nSPS) is 12.7. The van der Waals surface area contributed by atoms with Crippen molar-refractivity contribution in [2.45, 2.75) is 13.0 Å². The molecule has 0 aliphatic carbocycles. The number of nitrogens with one attached hydrogen (secondary N) is 1. The Morgan fingerprint density at radius 1 is 1.33 bits per heavy atom. The molecule has 0 aromatic carbocycles. The zero-order chi connectivity index (χ0) is 10.7. The molecule has 2 aromatic rings. The average molecular weight is 203 g/mol. The molecule has 2 aromatic heterocycles. The third kappa shape index (κ3) is 2.38. The zero-order valence-corrected chi connectivity index (χ0v) is 8.51. The standard InChI is InChI=1S/C10H13N5/c1-7(11)6-14-9-3-2-8-10(15-9)13-5-4-12-8/h2-5,7H,6,11H2,1H3,(H,13,14,15). The molecule has 0 bridgehead atoms. The van der Waals surface area contributed by atoms with Crippen LogP contribution >= 0.6 is 0 Å². The molecule has 15 heavy (non-hydrogen) atoms. The average Bonchev–Trinajstić information content (AvgIpc) is 2.26. The lowest BCUT2D eigenvalue weighted by atomic mass is 10.3. The molecule has 1 atom stereocenters. The molecule has 0 saturated carbocycles. The molecule has 3 N–H and O–H groups in total. The van der Waals surface area contributed by atoms with E-state index in [1.807, 2.05) is 19.1 Å². The molecule has 1 unspecified atom stereocenters. The molecule has 5 heteroatoms. The van der Waals surface area contributed by atoms with Gasteiger partial charge in [0, 0.05) is 25.0 Å². The number of hydrogen-bond donors (Lipinski definition) is 2. The first-order chi connectivity index (χ1) is 7.25. The number of nitrogens with zero attached hydrogens (tertiary/aromatic N) is 3. The van der Waals surface area contributed by atoms with E-state index in [1.165, 1.54) is 0 Å². The molecular formula is C10H13N5. The lowest BCUT2D eigenvalue weighted by Gasteiger charge is -2.07. The van der Waals surface area contributed by atoms with Crippen molar-refractivity contribution in [1.82, 2.24) is 15.0 Å². The maximum atomic E-state index is 5.63. The number of hydrogen-bond acceptors (Lipinski definition) is 5. The van der Waals surface area contributed by atoms with Crippen molar-refractivity contribution in [3.05, 3.63) is 24.5 Å². The van der Waals surface area contributed by atoms with Gasteiger partial charge in [-0.1, -0.05) is 0 Å². The van der Waals surface area contributed by atoms with E-state index in [1.54, 1.807) is 12.4 Å². The van der Waals surface area contributed by atoms with Gasteiger partial charge in [-0.25, -0.2) is 9.97 Å². The summed E-state index contributed by atoms with van der Waals surface area (Å²) in [5.74, 6) is 0.778. The highest BCUT2D eigenvalue weighted by Crippen LogP contribution is 2.09. The van der Waals surface area contributed by atoms with Gasteiger partial charge in [0.15, 0.2) is 5.65 Å². The van der Waals surface area contributed by atoms with Crippen LogP contribution in [0, 0.1) is 0 Å². The minimum absolute atomic E-state index is 0.101. The Labute approximate surface area is 87.8 Å². The molecule has 78 valence electrons. The lowest BCUT2D eigenvalue weighted by Crippen LogP contribution is -2.25. The summed E-state index contributed by atoms with van der Waals surface area (Å²) in [5.41, 5.74) is 7.08.